The Labute approximate surface area is 203 Å². The molecule has 172 valence electrons. The van der Waals surface area contributed by atoms with E-state index in [1.165, 1.54) is 43.9 Å². The number of ether oxygens (including phenoxy) is 2. The Balaban J connectivity index is 1.25. The Morgan fingerprint density at radius 1 is 1.00 bits per heavy atom. The SMILES string of the molecule is COc1cc(OC)cc(-c2ccc(/C=C3\SC(=S)N(C4C5CC6CC(C5)CC4C6)C3=O)o2)c1. The van der Waals surface area contributed by atoms with Crippen molar-refractivity contribution in [3.05, 3.63) is 41.0 Å². The third-order valence-electron chi connectivity index (χ3n) is 7.83. The Morgan fingerprint density at radius 2 is 1.64 bits per heavy atom. The number of carbonyl (C=O) groups is 1. The van der Waals surface area contributed by atoms with Crippen molar-refractivity contribution in [2.24, 2.45) is 23.7 Å². The molecule has 0 N–H and O–H groups in total. The third-order valence-corrected chi connectivity index (χ3v) is 9.17. The predicted molar refractivity (Wildman–Crippen MR) is 133 cm³/mol. The molecule has 2 aromatic rings. The zero-order valence-corrected chi connectivity index (χ0v) is 20.4. The minimum Gasteiger partial charge on any atom is -0.497 e. The van der Waals surface area contributed by atoms with Crippen LogP contribution in [0.15, 0.2) is 39.7 Å². The van der Waals surface area contributed by atoms with Crippen molar-refractivity contribution < 1.29 is 18.7 Å². The monoisotopic (exact) mass is 481 g/mol. The number of hydrogen-bond acceptors (Lipinski definition) is 6. The number of carbonyl (C=O) groups excluding carboxylic acids is 1. The van der Waals surface area contributed by atoms with Gasteiger partial charge in [0.05, 0.1) is 19.1 Å². The summed E-state index contributed by atoms with van der Waals surface area (Å²) in [5.41, 5.74) is 0.854. The summed E-state index contributed by atoms with van der Waals surface area (Å²) < 4.78 is 17.5. The molecule has 1 aliphatic heterocycles. The van der Waals surface area contributed by atoms with Gasteiger partial charge < -0.3 is 13.9 Å². The molecule has 5 nitrogen and oxygen atoms in total. The second kappa shape index (κ2) is 8.20. The number of nitrogens with zero attached hydrogens (tertiary/aromatic N) is 1. The molecule has 0 atom stereocenters. The third kappa shape index (κ3) is 3.69. The zero-order valence-electron chi connectivity index (χ0n) is 18.8. The van der Waals surface area contributed by atoms with Gasteiger partial charge in [-0.15, -0.1) is 0 Å². The molecular weight excluding hydrogens is 454 g/mol. The average Bonchev–Trinajstić information content (AvgIpc) is 3.38. The zero-order chi connectivity index (χ0) is 22.7. The fourth-order valence-electron chi connectivity index (χ4n) is 6.72. The lowest BCUT2D eigenvalue weighted by Crippen LogP contribution is -2.57. The van der Waals surface area contributed by atoms with Gasteiger partial charge in [-0.05, 0) is 80.0 Å². The molecule has 5 fully saturated rings. The lowest BCUT2D eigenvalue weighted by molar-refractivity contribution is -0.130. The quantitative estimate of drug-likeness (QED) is 0.386. The van der Waals surface area contributed by atoms with Gasteiger partial charge in [0.25, 0.3) is 5.91 Å². The lowest BCUT2D eigenvalue weighted by Gasteiger charge is -2.56. The molecule has 0 spiro atoms. The van der Waals surface area contributed by atoms with Gasteiger partial charge in [0.15, 0.2) is 0 Å². The molecule has 4 bridgehead atoms. The van der Waals surface area contributed by atoms with Gasteiger partial charge in [0.1, 0.15) is 27.3 Å². The Bertz CT molecular complexity index is 1100. The number of amides is 1. The van der Waals surface area contributed by atoms with E-state index in [0.29, 0.717) is 44.1 Å². The minimum absolute atomic E-state index is 0.0449. The van der Waals surface area contributed by atoms with Crippen LogP contribution in [0.3, 0.4) is 0 Å². The van der Waals surface area contributed by atoms with Crippen LogP contribution in [-0.2, 0) is 4.79 Å². The van der Waals surface area contributed by atoms with Gasteiger partial charge in [-0.3, -0.25) is 9.69 Å². The highest BCUT2D eigenvalue weighted by Crippen LogP contribution is 2.56. The summed E-state index contributed by atoms with van der Waals surface area (Å²) >= 11 is 7.12. The van der Waals surface area contributed by atoms with Crippen LogP contribution >= 0.6 is 24.0 Å². The first kappa shape index (κ1) is 21.3. The molecule has 4 aliphatic carbocycles. The molecule has 1 amide bonds. The van der Waals surface area contributed by atoms with E-state index < -0.39 is 0 Å². The molecular formula is C26H27NO4S2. The van der Waals surface area contributed by atoms with E-state index in [4.69, 9.17) is 26.1 Å². The number of methoxy groups -OCH3 is 2. The summed E-state index contributed by atoms with van der Waals surface area (Å²) in [5.74, 6) is 5.72. The van der Waals surface area contributed by atoms with Crippen LogP contribution in [0.2, 0.25) is 0 Å². The number of thioether (sulfide) groups is 1. The van der Waals surface area contributed by atoms with Crippen molar-refractivity contribution in [3.63, 3.8) is 0 Å². The Kier molecular flexibility index (Phi) is 5.29. The molecule has 4 saturated carbocycles. The summed E-state index contributed by atoms with van der Waals surface area (Å²) in [6.07, 6.45) is 8.28. The second-order valence-corrected chi connectivity index (χ2v) is 11.5. The van der Waals surface area contributed by atoms with E-state index in [0.717, 1.165) is 17.4 Å². The molecule has 1 aromatic carbocycles. The van der Waals surface area contributed by atoms with Crippen molar-refractivity contribution in [3.8, 4) is 22.8 Å². The van der Waals surface area contributed by atoms with Crippen molar-refractivity contribution in [1.29, 1.82) is 0 Å². The van der Waals surface area contributed by atoms with Crippen LogP contribution < -0.4 is 9.47 Å². The molecule has 2 heterocycles. The summed E-state index contributed by atoms with van der Waals surface area (Å²) in [4.78, 5) is 16.1. The van der Waals surface area contributed by atoms with Gasteiger partial charge in [-0.25, -0.2) is 0 Å². The smallest absolute Gasteiger partial charge is 0.266 e. The summed E-state index contributed by atoms with van der Waals surface area (Å²) in [6, 6.07) is 9.69. The lowest BCUT2D eigenvalue weighted by atomic mass is 9.54. The fraction of sp³-hybridized carbons (Fsp3) is 0.462. The maximum Gasteiger partial charge on any atom is 0.266 e. The largest absolute Gasteiger partial charge is 0.497 e. The molecule has 0 unspecified atom stereocenters. The number of thiocarbonyl (C=S) groups is 1. The van der Waals surface area contributed by atoms with E-state index in [9.17, 15) is 4.79 Å². The normalized spacial score (nSPS) is 31.6. The average molecular weight is 482 g/mol. The summed E-state index contributed by atoms with van der Waals surface area (Å²) in [6.45, 7) is 0. The molecule has 7 heteroatoms. The van der Waals surface area contributed by atoms with E-state index in [2.05, 4.69) is 0 Å². The van der Waals surface area contributed by atoms with Crippen molar-refractivity contribution >= 4 is 40.3 Å². The number of furan rings is 1. The van der Waals surface area contributed by atoms with E-state index in [1.54, 1.807) is 14.2 Å². The molecule has 0 radical (unpaired) electrons. The van der Waals surface area contributed by atoms with Gasteiger partial charge in [0.2, 0.25) is 0 Å². The van der Waals surface area contributed by atoms with Gasteiger partial charge >= 0.3 is 0 Å². The fourth-order valence-corrected chi connectivity index (χ4v) is 8.05. The van der Waals surface area contributed by atoms with Gasteiger partial charge in [0, 0.05) is 23.7 Å². The molecule has 7 rings (SSSR count). The summed E-state index contributed by atoms with van der Waals surface area (Å²) in [5, 5.41) is 0. The highest BCUT2D eigenvalue weighted by molar-refractivity contribution is 8.26. The van der Waals surface area contributed by atoms with Crippen LogP contribution in [0.25, 0.3) is 17.4 Å². The van der Waals surface area contributed by atoms with Gasteiger partial charge in [-0.1, -0.05) is 24.0 Å². The second-order valence-electron chi connectivity index (χ2n) is 9.78. The topological polar surface area (TPSA) is 51.9 Å². The molecule has 33 heavy (non-hydrogen) atoms. The first-order valence-corrected chi connectivity index (χ1v) is 12.8. The maximum atomic E-state index is 13.5. The highest BCUT2D eigenvalue weighted by Gasteiger charge is 2.53. The van der Waals surface area contributed by atoms with Crippen LogP contribution in [0, 0.1) is 23.7 Å². The standard InChI is InChI=1S/C26H27NO4S2/c1-29-20-10-16(11-21(12-20)30-2)22-4-3-19(31-22)13-23-25(28)27(26(32)33-23)24-17-6-14-5-15(8-17)9-18(24)7-14/h3-4,10-15,17-18,24H,5-9H2,1-2H3/b23-13-. The Morgan fingerprint density at radius 3 is 2.24 bits per heavy atom. The van der Waals surface area contributed by atoms with Crippen molar-refractivity contribution in [2.45, 2.75) is 38.1 Å². The molecule has 1 saturated heterocycles. The first-order valence-electron chi connectivity index (χ1n) is 11.6. The van der Waals surface area contributed by atoms with Crippen LogP contribution in [0.5, 0.6) is 11.5 Å². The Hall–Kier alpha value is -2.25. The number of rotatable bonds is 5. The predicted octanol–water partition coefficient (Wildman–Crippen LogP) is 5.99. The van der Waals surface area contributed by atoms with Crippen LogP contribution in [-0.4, -0.2) is 35.4 Å². The van der Waals surface area contributed by atoms with E-state index >= 15 is 0 Å². The maximum absolute atomic E-state index is 13.5. The van der Waals surface area contributed by atoms with Crippen molar-refractivity contribution in [1.82, 2.24) is 4.90 Å². The number of hydrogen-bond donors (Lipinski definition) is 0. The number of benzene rings is 1. The van der Waals surface area contributed by atoms with Crippen LogP contribution in [0.4, 0.5) is 0 Å². The minimum atomic E-state index is 0.0449. The first-order chi connectivity index (χ1) is 16.0. The van der Waals surface area contributed by atoms with Crippen molar-refractivity contribution in [2.75, 3.05) is 14.2 Å². The highest BCUT2D eigenvalue weighted by atomic mass is 32.2. The molecule has 5 aliphatic rings. The summed E-state index contributed by atoms with van der Waals surface area (Å²) in [7, 11) is 3.25. The van der Waals surface area contributed by atoms with Crippen LogP contribution in [0.1, 0.15) is 37.9 Å². The van der Waals surface area contributed by atoms with E-state index in [1.807, 2.05) is 41.3 Å². The van der Waals surface area contributed by atoms with E-state index in [-0.39, 0.29) is 11.9 Å². The van der Waals surface area contributed by atoms with Gasteiger partial charge in [-0.2, -0.15) is 0 Å². The molecule has 1 aromatic heterocycles.